The molecule has 0 saturated carbocycles. The molecule has 1 aliphatic rings. The van der Waals surface area contributed by atoms with Crippen LogP contribution >= 0.6 is 0 Å². The molecule has 1 aliphatic heterocycles. The SMILES string of the molecule is CCCS(=O)(=O)n1c(=O)n(CC(=O)NCCN2CCCCC2)c2ccccc21. The number of nitrogens with zero attached hydrogens (tertiary/aromatic N) is 3. The number of aromatic nitrogens is 2. The smallest absolute Gasteiger partial charge is 0.343 e. The topological polar surface area (TPSA) is 93.4 Å². The van der Waals surface area contributed by atoms with Crippen molar-refractivity contribution in [3.05, 3.63) is 34.7 Å². The van der Waals surface area contributed by atoms with E-state index in [2.05, 4.69) is 10.2 Å². The summed E-state index contributed by atoms with van der Waals surface area (Å²) in [5.41, 5.74) is 0.0567. The molecule has 1 amide bonds. The zero-order valence-electron chi connectivity index (χ0n) is 16.3. The van der Waals surface area contributed by atoms with Crippen LogP contribution in [-0.2, 0) is 21.4 Å². The van der Waals surface area contributed by atoms with Gasteiger partial charge in [-0.3, -0.25) is 9.36 Å². The van der Waals surface area contributed by atoms with Gasteiger partial charge < -0.3 is 10.2 Å². The highest BCUT2D eigenvalue weighted by atomic mass is 32.2. The van der Waals surface area contributed by atoms with Gasteiger partial charge in [-0.15, -0.1) is 0 Å². The van der Waals surface area contributed by atoms with E-state index in [1.54, 1.807) is 31.2 Å². The molecule has 0 aliphatic carbocycles. The van der Waals surface area contributed by atoms with E-state index in [0.29, 0.717) is 24.0 Å². The van der Waals surface area contributed by atoms with Gasteiger partial charge >= 0.3 is 5.69 Å². The first-order chi connectivity index (χ1) is 13.4. The number of amides is 1. The summed E-state index contributed by atoms with van der Waals surface area (Å²) >= 11 is 0. The average molecular weight is 409 g/mol. The number of hydrogen-bond acceptors (Lipinski definition) is 5. The molecule has 0 radical (unpaired) electrons. The molecule has 154 valence electrons. The third-order valence-electron chi connectivity index (χ3n) is 5.04. The molecule has 1 aromatic heterocycles. The van der Waals surface area contributed by atoms with Gasteiger partial charge in [0.2, 0.25) is 15.9 Å². The van der Waals surface area contributed by atoms with Crippen LogP contribution in [0.25, 0.3) is 11.0 Å². The van der Waals surface area contributed by atoms with Gasteiger partial charge in [0.05, 0.1) is 16.8 Å². The van der Waals surface area contributed by atoms with Gasteiger partial charge in [-0.2, -0.15) is 3.97 Å². The van der Waals surface area contributed by atoms with Crippen molar-refractivity contribution in [2.45, 2.75) is 39.2 Å². The highest BCUT2D eigenvalue weighted by molar-refractivity contribution is 7.90. The summed E-state index contributed by atoms with van der Waals surface area (Å²) in [6, 6.07) is 6.66. The molecule has 0 bridgehead atoms. The van der Waals surface area contributed by atoms with Crippen molar-refractivity contribution in [3.63, 3.8) is 0 Å². The van der Waals surface area contributed by atoms with Crippen molar-refractivity contribution in [1.82, 2.24) is 18.8 Å². The molecule has 8 nitrogen and oxygen atoms in total. The fourth-order valence-electron chi connectivity index (χ4n) is 3.69. The lowest BCUT2D eigenvalue weighted by atomic mass is 10.1. The highest BCUT2D eigenvalue weighted by Gasteiger charge is 2.23. The Morgan fingerprint density at radius 2 is 1.79 bits per heavy atom. The standard InChI is InChI=1S/C19H28N4O4S/c1-2-14-28(26,27)23-17-9-5-4-8-16(17)22(19(23)25)15-18(24)20-10-13-21-11-6-3-7-12-21/h4-5,8-9H,2-3,6-7,10-15H2,1H3,(H,20,24). The summed E-state index contributed by atoms with van der Waals surface area (Å²) in [6.07, 6.45) is 4.05. The maximum absolute atomic E-state index is 12.8. The molecule has 1 aromatic carbocycles. The van der Waals surface area contributed by atoms with Crippen molar-refractivity contribution >= 4 is 27.0 Å². The van der Waals surface area contributed by atoms with E-state index in [1.807, 2.05) is 0 Å². The molecule has 0 unspecified atom stereocenters. The first kappa shape index (κ1) is 20.6. The van der Waals surface area contributed by atoms with Gasteiger partial charge in [0.1, 0.15) is 6.54 Å². The molecule has 0 spiro atoms. The van der Waals surface area contributed by atoms with Crippen LogP contribution in [-0.4, -0.2) is 59.7 Å². The third-order valence-corrected chi connectivity index (χ3v) is 6.87. The second kappa shape index (κ2) is 8.91. The second-order valence-corrected chi connectivity index (χ2v) is 9.13. The fraction of sp³-hybridized carbons (Fsp3) is 0.579. The number of nitrogens with one attached hydrogen (secondary N) is 1. The van der Waals surface area contributed by atoms with Crippen molar-refractivity contribution in [1.29, 1.82) is 0 Å². The van der Waals surface area contributed by atoms with Crippen LogP contribution in [0.5, 0.6) is 0 Å². The van der Waals surface area contributed by atoms with Gasteiger partial charge in [-0.05, 0) is 44.5 Å². The largest absolute Gasteiger partial charge is 0.353 e. The molecule has 1 saturated heterocycles. The van der Waals surface area contributed by atoms with Crippen LogP contribution in [0.3, 0.4) is 0 Å². The molecule has 1 N–H and O–H groups in total. The van der Waals surface area contributed by atoms with Crippen LogP contribution in [0, 0.1) is 0 Å². The molecule has 0 atom stereocenters. The second-order valence-electron chi connectivity index (χ2n) is 7.19. The lowest BCUT2D eigenvalue weighted by Crippen LogP contribution is -2.40. The molecular formula is C19H28N4O4S. The van der Waals surface area contributed by atoms with E-state index in [0.717, 1.165) is 23.6 Å². The minimum atomic E-state index is -3.77. The summed E-state index contributed by atoms with van der Waals surface area (Å²) in [5.74, 6) is -0.418. The Labute approximate surface area is 165 Å². The van der Waals surface area contributed by atoms with Gasteiger partial charge in [0.25, 0.3) is 0 Å². The Morgan fingerprint density at radius 3 is 2.46 bits per heavy atom. The lowest BCUT2D eigenvalue weighted by Gasteiger charge is -2.26. The van der Waals surface area contributed by atoms with Crippen LogP contribution in [0.2, 0.25) is 0 Å². The summed E-state index contributed by atoms with van der Waals surface area (Å²) in [6.45, 7) is 4.95. The maximum atomic E-state index is 12.8. The normalized spacial score (nSPS) is 15.8. The van der Waals surface area contributed by atoms with Crippen molar-refractivity contribution in [2.75, 3.05) is 31.9 Å². The van der Waals surface area contributed by atoms with E-state index in [4.69, 9.17) is 0 Å². The van der Waals surface area contributed by atoms with E-state index in [1.165, 1.54) is 23.8 Å². The Bertz CT molecular complexity index is 987. The van der Waals surface area contributed by atoms with Gasteiger partial charge in [0, 0.05) is 13.1 Å². The summed E-state index contributed by atoms with van der Waals surface area (Å²) < 4.78 is 27.2. The number of para-hydroxylation sites is 2. The number of likely N-dealkylation sites (tertiary alicyclic amines) is 1. The number of hydrogen-bond donors (Lipinski definition) is 1. The Morgan fingerprint density at radius 1 is 1.11 bits per heavy atom. The average Bonchev–Trinajstić information content (AvgIpc) is 2.95. The van der Waals surface area contributed by atoms with Crippen molar-refractivity contribution in [2.24, 2.45) is 0 Å². The number of benzene rings is 1. The molecule has 2 aromatic rings. The van der Waals surface area contributed by atoms with E-state index in [9.17, 15) is 18.0 Å². The lowest BCUT2D eigenvalue weighted by molar-refractivity contribution is -0.121. The molecular weight excluding hydrogens is 380 g/mol. The molecule has 28 heavy (non-hydrogen) atoms. The number of carbonyl (C=O) groups excluding carboxylic acids is 1. The molecule has 2 heterocycles. The summed E-state index contributed by atoms with van der Waals surface area (Å²) in [5, 5.41) is 2.84. The monoisotopic (exact) mass is 408 g/mol. The number of carbonyl (C=O) groups is 1. The predicted octanol–water partition coefficient (Wildman–Crippen LogP) is 0.993. The van der Waals surface area contributed by atoms with Crippen LogP contribution < -0.4 is 11.0 Å². The maximum Gasteiger partial charge on any atom is 0.343 e. The third kappa shape index (κ3) is 4.47. The van der Waals surface area contributed by atoms with E-state index >= 15 is 0 Å². The van der Waals surface area contributed by atoms with Gasteiger partial charge in [0.15, 0.2) is 0 Å². The van der Waals surface area contributed by atoms with Crippen molar-refractivity contribution < 1.29 is 13.2 Å². The molecule has 3 rings (SSSR count). The van der Waals surface area contributed by atoms with E-state index < -0.39 is 15.7 Å². The Balaban J connectivity index is 1.76. The molecule has 9 heteroatoms. The number of fused-ring (bicyclic) bond motifs is 1. The first-order valence-electron chi connectivity index (χ1n) is 9.86. The van der Waals surface area contributed by atoms with Crippen LogP contribution in [0.1, 0.15) is 32.6 Å². The Kier molecular flexibility index (Phi) is 6.56. The summed E-state index contributed by atoms with van der Waals surface area (Å²) in [4.78, 5) is 27.5. The predicted molar refractivity (Wildman–Crippen MR) is 109 cm³/mol. The number of imidazole rings is 1. The van der Waals surface area contributed by atoms with E-state index in [-0.39, 0.29) is 18.2 Å². The molecule has 1 fully saturated rings. The zero-order valence-corrected chi connectivity index (χ0v) is 17.1. The van der Waals surface area contributed by atoms with Crippen LogP contribution in [0.4, 0.5) is 0 Å². The minimum absolute atomic E-state index is 0.122. The fourth-order valence-corrected chi connectivity index (χ4v) is 5.18. The zero-order chi connectivity index (χ0) is 20.1. The van der Waals surface area contributed by atoms with Crippen LogP contribution in [0.15, 0.2) is 29.1 Å². The minimum Gasteiger partial charge on any atom is -0.353 e. The highest BCUT2D eigenvalue weighted by Crippen LogP contribution is 2.15. The van der Waals surface area contributed by atoms with Gasteiger partial charge in [-0.1, -0.05) is 25.5 Å². The quantitative estimate of drug-likeness (QED) is 0.703. The first-order valence-corrected chi connectivity index (χ1v) is 11.5. The van der Waals surface area contributed by atoms with Crippen molar-refractivity contribution in [3.8, 4) is 0 Å². The number of piperidine rings is 1. The Hall–Kier alpha value is -2.13. The van der Waals surface area contributed by atoms with Gasteiger partial charge in [-0.25, -0.2) is 13.2 Å². The number of rotatable bonds is 8. The summed E-state index contributed by atoms with van der Waals surface area (Å²) in [7, 11) is -3.77.